The van der Waals surface area contributed by atoms with Crippen LogP contribution in [0, 0.1) is 5.82 Å². The zero-order valence-electron chi connectivity index (χ0n) is 7.42. The summed E-state index contributed by atoms with van der Waals surface area (Å²) >= 11 is 5.25. The minimum absolute atomic E-state index is 0.0231. The molecule has 0 radical (unpaired) electrons. The van der Waals surface area contributed by atoms with Crippen molar-refractivity contribution in [2.24, 2.45) is 0 Å². The van der Waals surface area contributed by atoms with Gasteiger partial charge in [0.05, 0.1) is 5.69 Å². The molecule has 4 nitrogen and oxygen atoms in total. The molecule has 90 valence electrons. The number of rotatable bonds is 0. The van der Waals surface area contributed by atoms with Gasteiger partial charge in [-0.15, -0.1) is 0 Å². The number of aliphatic carboxylic acids is 1. The summed E-state index contributed by atoms with van der Waals surface area (Å²) in [5, 5.41) is 6.94. The predicted octanol–water partition coefficient (Wildman–Crippen LogP) is 2.09. The molecule has 1 aromatic heterocycles. The first-order valence-corrected chi connectivity index (χ1v) is 3.89. The first-order chi connectivity index (χ1) is 7.16. The highest BCUT2D eigenvalue weighted by atomic mass is 35.5. The maximum atomic E-state index is 12.4. The normalized spacial score (nSPS) is 10.3. The Balaban J connectivity index is 0.000000293. The lowest BCUT2D eigenvalue weighted by molar-refractivity contribution is -0.192. The molecule has 1 heterocycles. The van der Waals surface area contributed by atoms with E-state index >= 15 is 0 Å². The zero-order valence-corrected chi connectivity index (χ0v) is 8.18. The SMILES string of the molecule is Nc1ccnc(Cl)c1F.O=C(O)C(F)(F)F. The van der Waals surface area contributed by atoms with Gasteiger partial charge in [0.25, 0.3) is 0 Å². The molecular formula is C7H5ClF4N2O2. The minimum Gasteiger partial charge on any atom is -0.475 e. The lowest BCUT2D eigenvalue weighted by atomic mass is 10.4. The Bertz CT molecular complexity index is 363. The van der Waals surface area contributed by atoms with E-state index in [1.807, 2.05) is 0 Å². The molecule has 0 unspecified atom stereocenters. The van der Waals surface area contributed by atoms with Crippen LogP contribution in [0.4, 0.5) is 23.2 Å². The number of hydrogen-bond acceptors (Lipinski definition) is 3. The third-order valence-electron chi connectivity index (χ3n) is 1.12. The molecule has 0 aliphatic rings. The third-order valence-corrected chi connectivity index (χ3v) is 1.38. The van der Waals surface area contributed by atoms with Crippen LogP contribution in [0.25, 0.3) is 0 Å². The summed E-state index contributed by atoms with van der Waals surface area (Å²) in [4.78, 5) is 12.3. The molecule has 0 fully saturated rings. The van der Waals surface area contributed by atoms with Crippen molar-refractivity contribution in [3.63, 3.8) is 0 Å². The monoisotopic (exact) mass is 260 g/mol. The van der Waals surface area contributed by atoms with Gasteiger partial charge in [0.15, 0.2) is 11.0 Å². The Morgan fingerprint density at radius 3 is 2.19 bits per heavy atom. The second kappa shape index (κ2) is 5.50. The highest BCUT2D eigenvalue weighted by Crippen LogP contribution is 2.15. The van der Waals surface area contributed by atoms with Gasteiger partial charge in [0, 0.05) is 6.20 Å². The van der Waals surface area contributed by atoms with E-state index in [1.165, 1.54) is 12.3 Å². The van der Waals surface area contributed by atoms with Gasteiger partial charge >= 0.3 is 12.1 Å². The first kappa shape index (κ1) is 14.4. The number of aromatic nitrogens is 1. The van der Waals surface area contributed by atoms with Gasteiger partial charge in [-0.25, -0.2) is 14.2 Å². The van der Waals surface area contributed by atoms with Gasteiger partial charge < -0.3 is 10.8 Å². The van der Waals surface area contributed by atoms with Gasteiger partial charge in [-0.1, -0.05) is 11.6 Å². The molecule has 0 aromatic carbocycles. The summed E-state index contributed by atoms with van der Waals surface area (Å²) in [6, 6.07) is 1.35. The number of hydrogen-bond donors (Lipinski definition) is 2. The summed E-state index contributed by atoms with van der Waals surface area (Å²) < 4.78 is 44.1. The Hall–Kier alpha value is -1.57. The standard InChI is InChI=1S/C5H4ClFN2.C2HF3O2/c6-5-4(7)3(8)1-2-9-5;3-2(4,5)1(6)7/h1-2H,(H2,8,9);(H,6,7). The van der Waals surface area contributed by atoms with Crippen molar-refractivity contribution >= 4 is 23.3 Å². The Kier molecular flexibility index (Phi) is 4.96. The fraction of sp³-hybridized carbons (Fsp3) is 0.143. The van der Waals surface area contributed by atoms with Gasteiger partial charge in [-0.2, -0.15) is 13.2 Å². The molecule has 0 atom stereocenters. The quantitative estimate of drug-likeness (QED) is 0.553. The van der Waals surface area contributed by atoms with Gasteiger partial charge in [-0.3, -0.25) is 0 Å². The molecule has 0 aliphatic carbocycles. The average Bonchev–Trinajstić information content (AvgIpc) is 2.13. The second-order valence-electron chi connectivity index (χ2n) is 2.31. The average molecular weight is 261 g/mol. The smallest absolute Gasteiger partial charge is 0.475 e. The van der Waals surface area contributed by atoms with Gasteiger partial charge in [0.1, 0.15) is 0 Å². The van der Waals surface area contributed by atoms with Gasteiger partial charge in [0.2, 0.25) is 0 Å². The summed E-state index contributed by atoms with van der Waals surface area (Å²) in [5.41, 5.74) is 5.14. The van der Waals surface area contributed by atoms with E-state index in [2.05, 4.69) is 4.98 Å². The molecule has 0 saturated heterocycles. The van der Waals surface area contributed by atoms with E-state index in [9.17, 15) is 17.6 Å². The van der Waals surface area contributed by atoms with E-state index in [0.717, 1.165) is 0 Å². The Morgan fingerprint density at radius 1 is 1.50 bits per heavy atom. The van der Waals surface area contributed by atoms with Crippen LogP contribution >= 0.6 is 11.6 Å². The van der Waals surface area contributed by atoms with Crippen molar-refractivity contribution in [1.82, 2.24) is 4.98 Å². The van der Waals surface area contributed by atoms with E-state index in [-0.39, 0.29) is 10.8 Å². The number of nitrogens with two attached hydrogens (primary N) is 1. The number of carboxylic acid groups (broad SMARTS) is 1. The molecule has 9 heteroatoms. The fourth-order valence-corrected chi connectivity index (χ4v) is 0.597. The highest BCUT2D eigenvalue weighted by molar-refractivity contribution is 6.29. The second-order valence-corrected chi connectivity index (χ2v) is 2.67. The topological polar surface area (TPSA) is 76.2 Å². The maximum absolute atomic E-state index is 12.4. The van der Waals surface area contributed by atoms with Crippen LogP contribution in [0.1, 0.15) is 0 Å². The number of nitrogens with zero attached hydrogens (tertiary/aromatic N) is 1. The lowest BCUT2D eigenvalue weighted by Crippen LogP contribution is -2.21. The van der Waals surface area contributed by atoms with E-state index in [0.29, 0.717) is 0 Å². The minimum atomic E-state index is -5.08. The van der Waals surface area contributed by atoms with Crippen LogP contribution < -0.4 is 5.73 Å². The largest absolute Gasteiger partial charge is 0.490 e. The maximum Gasteiger partial charge on any atom is 0.490 e. The molecule has 1 rings (SSSR count). The first-order valence-electron chi connectivity index (χ1n) is 3.52. The number of pyridine rings is 1. The molecule has 0 amide bonds. The van der Waals surface area contributed by atoms with Crippen molar-refractivity contribution in [2.45, 2.75) is 6.18 Å². The van der Waals surface area contributed by atoms with E-state index in [1.54, 1.807) is 0 Å². The Labute approximate surface area is 91.6 Å². The van der Waals surface area contributed by atoms with Crippen LogP contribution in [0.2, 0.25) is 5.15 Å². The molecule has 0 bridgehead atoms. The van der Waals surface area contributed by atoms with E-state index < -0.39 is 18.0 Å². The number of alkyl halides is 3. The van der Waals surface area contributed by atoms with Crippen LogP contribution in [-0.4, -0.2) is 22.2 Å². The van der Waals surface area contributed by atoms with Gasteiger partial charge in [-0.05, 0) is 6.07 Å². The fourth-order valence-electron chi connectivity index (χ4n) is 0.432. The van der Waals surface area contributed by atoms with Crippen molar-refractivity contribution in [2.75, 3.05) is 5.73 Å². The zero-order chi connectivity index (χ0) is 12.9. The molecule has 16 heavy (non-hydrogen) atoms. The lowest BCUT2D eigenvalue weighted by Gasteiger charge is -1.93. The summed E-state index contributed by atoms with van der Waals surface area (Å²) in [5.74, 6) is -3.41. The molecule has 3 N–H and O–H groups in total. The summed E-state index contributed by atoms with van der Waals surface area (Å²) in [6.45, 7) is 0. The number of nitrogen functional groups attached to an aromatic ring is 1. The third kappa shape index (κ3) is 4.78. The number of carbonyl (C=O) groups is 1. The van der Waals surface area contributed by atoms with Crippen molar-refractivity contribution < 1.29 is 27.5 Å². The van der Waals surface area contributed by atoms with Crippen LogP contribution in [0.15, 0.2) is 12.3 Å². The molecule has 0 spiro atoms. The van der Waals surface area contributed by atoms with Crippen molar-refractivity contribution in [3.8, 4) is 0 Å². The van der Waals surface area contributed by atoms with E-state index in [4.69, 9.17) is 27.2 Å². The van der Waals surface area contributed by atoms with Crippen LogP contribution in [0.3, 0.4) is 0 Å². The Morgan fingerprint density at radius 2 is 1.94 bits per heavy atom. The summed E-state index contributed by atoms with van der Waals surface area (Å²) in [6.07, 6.45) is -3.74. The molecular weight excluding hydrogens is 256 g/mol. The van der Waals surface area contributed by atoms with Crippen LogP contribution in [0.5, 0.6) is 0 Å². The van der Waals surface area contributed by atoms with Crippen molar-refractivity contribution in [3.05, 3.63) is 23.2 Å². The number of anilines is 1. The predicted molar refractivity (Wildman–Crippen MR) is 47.3 cm³/mol. The van der Waals surface area contributed by atoms with Crippen molar-refractivity contribution in [1.29, 1.82) is 0 Å². The molecule has 0 saturated carbocycles. The number of halogens is 5. The highest BCUT2D eigenvalue weighted by Gasteiger charge is 2.38. The number of carboxylic acids is 1. The molecule has 1 aromatic rings. The molecule has 0 aliphatic heterocycles. The van der Waals surface area contributed by atoms with Crippen LogP contribution in [-0.2, 0) is 4.79 Å². The summed E-state index contributed by atoms with van der Waals surface area (Å²) in [7, 11) is 0.